The Bertz CT molecular complexity index is 1090. The molecule has 1 saturated heterocycles. The first-order chi connectivity index (χ1) is 18.8. The minimum atomic E-state index is -0.538. The molecule has 0 saturated carbocycles. The van der Waals surface area contributed by atoms with Crippen LogP contribution in [0.1, 0.15) is 96.7 Å². The molecule has 2 atom stereocenters. The van der Waals surface area contributed by atoms with Gasteiger partial charge in [-0.05, 0) is 120 Å². The van der Waals surface area contributed by atoms with Crippen molar-refractivity contribution in [3.05, 3.63) is 69.5 Å². The molecule has 0 spiro atoms. The molecule has 8 heteroatoms. The van der Waals surface area contributed by atoms with Crippen molar-refractivity contribution in [3.63, 3.8) is 0 Å². The number of aryl methyl sites for hydroxylation is 1. The summed E-state index contributed by atoms with van der Waals surface area (Å²) in [6.07, 6.45) is 7.28. The monoisotopic (exact) mass is 558 g/mol. The van der Waals surface area contributed by atoms with Crippen molar-refractivity contribution in [2.75, 3.05) is 32.7 Å². The second-order valence-electron chi connectivity index (χ2n) is 10.6. The minimum Gasteiger partial charge on any atom is -0.352 e. The molecule has 3 rings (SSSR count). The van der Waals surface area contributed by atoms with E-state index in [9.17, 15) is 14.0 Å². The van der Waals surface area contributed by atoms with Crippen LogP contribution in [0.25, 0.3) is 0 Å². The predicted molar refractivity (Wildman–Crippen MR) is 157 cm³/mol. The lowest BCUT2D eigenvalue weighted by Gasteiger charge is -2.21. The number of rotatable bonds is 15. The van der Waals surface area contributed by atoms with Crippen LogP contribution in [-0.4, -0.2) is 55.5 Å². The fourth-order valence-electron chi connectivity index (χ4n) is 5.20. The number of unbranched alkanes of at least 4 members (excludes halogenated alkanes) is 1. The molecule has 6 nitrogen and oxygen atoms in total. The van der Waals surface area contributed by atoms with Gasteiger partial charge in [-0.1, -0.05) is 31.0 Å². The normalized spacial score (nSPS) is 15.2. The third-order valence-corrected chi connectivity index (χ3v) is 7.77. The molecule has 1 heterocycles. The molecule has 0 aliphatic carbocycles. The number of hydrogen-bond acceptors (Lipinski definition) is 4. The Hall–Kier alpha value is -2.48. The van der Waals surface area contributed by atoms with E-state index in [-0.39, 0.29) is 28.9 Å². The molecule has 2 aromatic carbocycles. The van der Waals surface area contributed by atoms with Crippen molar-refractivity contribution in [2.24, 2.45) is 0 Å². The van der Waals surface area contributed by atoms with E-state index in [0.29, 0.717) is 17.7 Å². The van der Waals surface area contributed by atoms with Gasteiger partial charge in [0, 0.05) is 29.8 Å². The van der Waals surface area contributed by atoms with E-state index >= 15 is 0 Å². The molecule has 3 N–H and O–H groups in total. The first kappa shape index (κ1) is 31.1. The van der Waals surface area contributed by atoms with Crippen molar-refractivity contribution < 1.29 is 14.0 Å². The van der Waals surface area contributed by atoms with Gasteiger partial charge in [0.2, 0.25) is 0 Å². The molecule has 1 fully saturated rings. The van der Waals surface area contributed by atoms with E-state index in [1.807, 2.05) is 25.1 Å². The maximum Gasteiger partial charge on any atom is 0.251 e. The van der Waals surface area contributed by atoms with Gasteiger partial charge in [-0.3, -0.25) is 9.59 Å². The number of halogens is 2. The third kappa shape index (κ3) is 9.89. The summed E-state index contributed by atoms with van der Waals surface area (Å²) in [5.41, 5.74) is 3.26. The van der Waals surface area contributed by atoms with Gasteiger partial charge in [0.1, 0.15) is 5.82 Å². The van der Waals surface area contributed by atoms with Crippen LogP contribution in [0.5, 0.6) is 0 Å². The summed E-state index contributed by atoms with van der Waals surface area (Å²) < 4.78 is 13.4. The fraction of sp³-hybridized carbons (Fsp3) is 0.548. The Morgan fingerprint density at radius 2 is 1.72 bits per heavy atom. The lowest BCUT2D eigenvalue weighted by atomic mass is 9.99. The Kier molecular flexibility index (Phi) is 12.7. The largest absolute Gasteiger partial charge is 0.352 e. The summed E-state index contributed by atoms with van der Waals surface area (Å²) >= 11 is 5.84. The molecule has 1 aliphatic heterocycles. The first-order valence-electron chi connectivity index (χ1n) is 14.4. The summed E-state index contributed by atoms with van der Waals surface area (Å²) in [5.74, 6) is -0.810. The van der Waals surface area contributed by atoms with Crippen molar-refractivity contribution in [1.82, 2.24) is 20.9 Å². The second-order valence-corrected chi connectivity index (χ2v) is 11.0. The Morgan fingerprint density at radius 1 is 1.00 bits per heavy atom. The van der Waals surface area contributed by atoms with Gasteiger partial charge in [0.05, 0.1) is 5.02 Å². The Balaban J connectivity index is 1.43. The van der Waals surface area contributed by atoms with E-state index in [1.165, 1.54) is 44.1 Å². The number of hydrogen-bond donors (Lipinski definition) is 3. The highest BCUT2D eigenvalue weighted by Gasteiger charge is 2.16. The zero-order chi connectivity index (χ0) is 28.2. The first-order valence-corrected chi connectivity index (χ1v) is 14.8. The van der Waals surface area contributed by atoms with Gasteiger partial charge < -0.3 is 20.9 Å². The van der Waals surface area contributed by atoms with Crippen LogP contribution >= 0.6 is 11.6 Å². The van der Waals surface area contributed by atoms with Gasteiger partial charge in [-0.25, -0.2) is 4.39 Å². The third-order valence-electron chi connectivity index (χ3n) is 7.48. The Morgan fingerprint density at radius 3 is 2.41 bits per heavy atom. The van der Waals surface area contributed by atoms with Crippen molar-refractivity contribution in [2.45, 2.75) is 77.8 Å². The van der Waals surface area contributed by atoms with Crippen molar-refractivity contribution >= 4 is 23.4 Å². The maximum atomic E-state index is 13.4. The molecule has 214 valence electrons. The van der Waals surface area contributed by atoms with Crippen molar-refractivity contribution in [3.8, 4) is 0 Å². The fourth-order valence-corrected chi connectivity index (χ4v) is 5.38. The quantitative estimate of drug-likeness (QED) is 0.233. The topological polar surface area (TPSA) is 73.5 Å². The number of carbonyl (C=O) groups excluding carboxylic acids is 2. The highest BCUT2D eigenvalue weighted by atomic mass is 35.5. The van der Waals surface area contributed by atoms with E-state index in [2.05, 4.69) is 34.7 Å². The van der Waals surface area contributed by atoms with Crippen LogP contribution in [0.4, 0.5) is 4.39 Å². The highest BCUT2D eigenvalue weighted by molar-refractivity contribution is 6.31. The van der Waals surface area contributed by atoms with Crippen LogP contribution in [0.3, 0.4) is 0 Å². The zero-order valence-electron chi connectivity index (χ0n) is 23.6. The lowest BCUT2D eigenvalue weighted by Crippen LogP contribution is -2.37. The van der Waals surface area contributed by atoms with Crippen LogP contribution in [0.2, 0.25) is 5.02 Å². The van der Waals surface area contributed by atoms with Gasteiger partial charge in [-0.15, -0.1) is 0 Å². The van der Waals surface area contributed by atoms with Crippen LogP contribution < -0.4 is 16.0 Å². The summed E-state index contributed by atoms with van der Waals surface area (Å²) in [6.45, 7) is 11.2. The molecule has 2 unspecified atom stereocenters. The Labute approximate surface area is 238 Å². The van der Waals surface area contributed by atoms with Crippen LogP contribution in [-0.2, 0) is 0 Å². The summed E-state index contributed by atoms with van der Waals surface area (Å²) in [6, 6.07) is 9.99. The number of likely N-dealkylation sites (tertiary alicyclic amines) is 1. The molecule has 2 aromatic rings. The van der Waals surface area contributed by atoms with Gasteiger partial charge in [-0.2, -0.15) is 0 Å². The van der Waals surface area contributed by atoms with Crippen LogP contribution in [0, 0.1) is 12.7 Å². The number of benzene rings is 2. The molecule has 0 radical (unpaired) electrons. The lowest BCUT2D eigenvalue weighted by molar-refractivity contribution is 0.0929. The van der Waals surface area contributed by atoms with E-state index in [1.54, 1.807) is 0 Å². The molecule has 39 heavy (non-hydrogen) atoms. The van der Waals surface area contributed by atoms with Gasteiger partial charge >= 0.3 is 0 Å². The predicted octanol–water partition coefficient (Wildman–Crippen LogP) is 6.03. The maximum absolute atomic E-state index is 13.4. The summed E-state index contributed by atoms with van der Waals surface area (Å²) in [5, 5.41) is 9.61. The molecule has 2 amide bonds. The average Bonchev–Trinajstić information content (AvgIpc) is 3.43. The van der Waals surface area contributed by atoms with Gasteiger partial charge in [0.15, 0.2) is 0 Å². The van der Waals surface area contributed by atoms with Crippen LogP contribution in [0.15, 0.2) is 36.4 Å². The molecule has 0 bridgehead atoms. The average molecular weight is 559 g/mol. The second kappa shape index (κ2) is 15.9. The number of carbonyl (C=O) groups is 2. The highest BCUT2D eigenvalue weighted by Crippen LogP contribution is 2.20. The molecular formula is C31H44ClFN4O2. The van der Waals surface area contributed by atoms with Crippen molar-refractivity contribution in [1.29, 1.82) is 0 Å². The molecule has 1 aliphatic rings. The standard InChI is InChI=1S/C31H44ClFN4O2/c1-4-9-26(36-31(39)25-11-13-29(33)28(32)21-25)14-16-34-23(3)27-12-10-24(20-22(27)2)30(38)35-15-5-6-17-37-18-7-8-19-37/h10-13,20-21,23,26,34H,4-9,14-19H2,1-3H3,(H,35,38)(H,36,39). The minimum absolute atomic E-state index is 0.00597. The summed E-state index contributed by atoms with van der Waals surface area (Å²) in [4.78, 5) is 27.8. The molecule has 0 aromatic heterocycles. The number of nitrogens with one attached hydrogen (secondary N) is 3. The zero-order valence-corrected chi connectivity index (χ0v) is 24.4. The van der Waals surface area contributed by atoms with E-state index < -0.39 is 5.82 Å². The number of amides is 2. The van der Waals surface area contributed by atoms with E-state index in [0.717, 1.165) is 56.3 Å². The molecular weight excluding hydrogens is 515 g/mol. The smallest absolute Gasteiger partial charge is 0.251 e. The number of nitrogens with zero attached hydrogens (tertiary/aromatic N) is 1. The SMILES string of the molecule is CCCC(CCNC(C)c1ccc(C(=O)NCCCCN2CCCC2)cc1C)NC(=O)c1ccc(F)c(Cl)c1. The van der Waals surface area contributed by atoms with E-state index in [4.69, 9.17) is 11.6 Å². The van der Waals surface area contributed by atoms with Gasteiger partial charge in [0.25, 0.3) is 11.8 Å². The summed E-state index contributed by atoms with van der Waals surface area (Å²) in [7, 11) is 0.